The molecule has 3 aromatic rings. The Morgan fingerprint density at radius 2 is 1.75 bits per heavy atom. The molecule has 0 unspecified atom stereocenters. The van der Waals surface area contributed by atoms with Gasteiger partial charge in [-0.1, -0.05) is 43.3 Å². The second kappa shape index (κ2) is 10.5. The highest BCUT2D eigenvalue weighted by atomic mass is 16.2. The highest BCUT2D eigenvalue weighted by molar-refractivity contribution is 5.83. The minimum atomic E-state index is -0.390. The molecule has 1 aromatic carbocycles. The topological polar surface area (TPSA) is 58.1 Å². The molecule has 1 saturated heterocycles. The first-order chi connectivity index (χ1) is 15.7. The van der Waals surface area contributed by atoms with Gasteiger partial charge in [0, 0.05) is 43.4 Å². The molecule has 0 bridgehead atoms. The van der Waals surface area contributed by atoms with Crippen molar-refractivity contribution < 1.29 is 4.79 Å². The zero-order valence-corrected chi connectivity index (χ0v) is 18.8. The van der Waals surface area contributed by atoms with Gasteiger partial charge in [0.05, 0.1) is 5.41 Å². The molecule has 0 radical (unpaired) electrons. The van der Waals surface area contributed by atoms with Crippen molar-refractivity contribution in [1.29, 1.82) is 0 Å². The first-order valence-electron chi connectivity index (χ1n) is 11.6. The van der Waals surface area contributed by atoms with E-state index in [0.717, 1.165) is 57.4 Å². The summed E-state index contributed by atoms with van der Waals surface area (Å²) in [4.78, 5) is 24.4. The number of nitrogens with one attached hydrogen (secondary N) is 1. The lowest BCUT2D eigenvalue weighted by Gasteiger charge is -2.41. The molecule has 5 heteroatoms. The van der Waals surface area contributed by atoms with Gasteiger partial charge in [0.1, 0.15) is 0 Å². The van der Waals surface area contributed by atoms with Gasteiger partial charge in [-0.2, -0.15) is 0 Å². The average molecular weight is 429 g/mol. The average Bonchev–Trinajstić information content (AvgIpc) is 2.85. The standard InChI is InChI=1S/C27H32N4O/c1-2-13-30-26(32)27(11-16-31(17-12-27)21-22-7-5-14-28-19-22)18-23-8-3-4-10-25(23)24-9-6-15-29-20-24/h3-10,14-15,19-20H,2,11-13,16-18,21H2,1H3,(H,30,32). The van der Waals surface area contributed by atoms with E-state index in [1.807, 2.05) is 30.7 Å². The van der Waals surface area contributed by atoms with Gasteiger partial charge in [0.2, 0.25) is 5.91 Å². The summed E-state index contributed by atoms with van der Waals surface area (Å²) < 4.78 is 0. The molecule has 1 amide bonds. The Morgan fingerprint density at radius 1 is 1.00 bits per heavy atom. The monoisotopic (exact) mass is 428 g/mol. The SMILES string of the molecule is CCCNC(=O)C1(Cc2ccccc2-c2cccnc2)CCN(Cc2cccnc2)CC1. The van der Waals surface area contributed by atoms with Crippen molar-refractivity contribution in [1.82, 2.24) is 20.2 Å². The highest BCUT2D eigenvalue weighted by Crippen LogP contribution is 2.38. The van der Waals surface area contributed by atoms with E-state index in [1.54, 1.807) is 6.20 Å². The quantitative estimate of drug-likeness (QED) is 0.574. The normalized spacial score (nSPS) is 15.9. The third kappa shape index (κ3) is 5.22. The lowest BCUT2D eigenvalue weighted by Crippen LogP contribution is -2.50. The molecular weight excluding hydrogens is 396 g/mol. The van der Waals surface area contributed by atoms with Crippen molar-refractivity contribution in [2.45, 2.75) is 39.2 Å². The van der Waals surface area contributed by atoms with Crippen LogP contribution in [0.15, 0.2) is 73.3 Å². The summed E-state index contributed by atoms with van der Waals surface area (Å²) in [5, 5.41) is 3.21. The maximum absolute atomic E-state index is 13.4. The van der Waals surface area contributed by atoms with Crippen molar-refractivity contribution in [3.63, 3.8) is 0 Å². The third-order valence-corrected chi connectivity index (χ3v) is 6.48. The molecule has 0 spiro atoms. The smallest absolute Gasteiger partial charge is 0.226 e. The number of nitrogens with zero attached hydrogens (tertiary/aromatic N) is 3. The number of carbonyl (C=O) groups excluding carboxylic acids is 1. The van der Waals surface area contributed by atoms with E-state index in [1.165, 1.54) is 16.7 Å². The van der Waals surface area contributed by atoms with Crippen molar-refractivity contribution in [2.75, 3.05) is 19.6 Å². The third-order valence-electron chi connectivity index (χ3n) is 6.48. The molecule has 1 aliphatic rings. The summed E-state index contributed by atoms with van der Waals surface area (Å²) in [5.41, 5.74) is 4.31. The second-order valence-corrected chi connectivity index (χ2v) is 8.75. The minimum Gasteiger partial charge on any atom is -0.356 e. The van der Waals surface area contributed by atoms with E-state index in [2.05, 4.69) is 63.5 Å². The van der Waals surface area contributed by atoms with Crippen LogP contribution in [0.25, 0.3) is 11.1 Å². The molecule has 0 saturated carbocycles. The molecule has 5 nitrogen and oxygen atoms in total. The lowest BCUT2D eigenvalue weighted by atomic mass is 9.72. The molecule has 2 aromatic heterocycles. The van der Waals surface area contributed by atoms with Crippen molar-refractivity contribution >= 4 is 5.91 Å². The van der Waals surface area contributed by atoms with Crippen LogP contribution < -0.4 is 5.32 Å². The van der Waals surface area contributed by atoms with E-state index in [-0.39, 0.29) is 11.3 Å². The summed E-state index contributed by atoms with van der Waals surface area (Å²) in [6.45, 7) is 5.52. The van der Waals surface area contributed by atoms with Gasteiger partial charge in [-0.3, -0.25) is 19.7 Å². The Labute approximate surface area is 190 Å². The van der Waals surface area contributed by atoms with Gasteiger partial charge in [0.15, 0.2) is 0 Å². The number of likely N-dealkylation sites (tertiary alicyclic amines) is 1. The molecule has 3 heterocycles. The molecule has 0 aliphatic carbocycles. The van der Waals surface area contributed by atoms with Crippen LogP contribution in [0.3, 0.4) is 0 Å². The Hall–Kier alpha value is -3.05. The first-order valence-corrected chi connectivity index (χ1v) is 11.6. The Morgan fingerprint density at radius 3 is 2.44 bits per heavy atom. The number of piperidine rings is 1. The number of hydrogen-bond acceptors (Lipinski definition) is 4. The number of benzene rings is 1. The molecule has 32 heavy (non-hydrogen) atoms. The zero-order valence-electron chi connectivity index (χ0n) is 18.8. The fraction of sp³-hybridized carbons (Fsp3) is 0.370. The second-order valence-electron chi connectivity index (χ2n) is 8.75. The molecular formula is C27H32N4O. The number of rotatable bonds is 8. The van der Waals surface area contributed by atoms with Crippen molar-refractivity contribution in [3.05, 3.63) is 84.4 Å². The van der Waals surface area contributed by atoms with Crippen LogP contribution in [-0.4, -0.2) is 40.4 Å². The van der Waals surface area contributed by atoms with Gasteiger partial charge in [-0.15, -0.1) is 0 Å². The van der Waals surface area contributed by atoms with Gasteiger partial charge in [-0.25, -0.2) is 0 Å². The molecule has 0 atom stereocenters. The van der Waals surface area contributed by atoms with Gasteiger partial charge in [0.25, 0.3) is 0 Å². The first kappa shape index (κ1) is 22.2. The number of pyridine rings is 2. The summed E-state index contributed by atoms with van der Waals surface area (Å²) in [6.07, 6.45) is 10.8. The predicted molar refractivity (Wildman–Crippen MR) is 128 cm³/mol. The fourth-order valence-corrected chi connectivity index (χ4v) is 4.64. The van der Waals surface area contributed by atoms with E-state index in [0.29, 0.717) is 0 Å². The molecule has 1 fully saturated rings. The van der Waals surface area contributed by atoms with E-state index in [4.69, 9.17) is 0 Å². The van der Waals surface area contributed by atoms with Crippen LogP contribution in [0.2, 0.25) is 0 Å². The van der Waals surface area contributed by atoms with Crippen LogP contribution in [-0.2, 0) is 17.8 Å². The molecule has 1 N–H and O–H groups in total. The summed E-state index contributed by atoms with van der Waals surface area (Å²) in [7, 11) is 0. The van der Waals surface area contributed by atoms with E-state index < -0.39 is 0 Å². The summed E-state index contributed by atoms with van der Waals surface area (Å²) in [5.74, 6) is 0.196. The predicted octanol–water partition coefficient (Wildman–Crippen LogP) is 4.49. The number of hydrogen-bond donors (Lipinski definition) is 1. The molecule has 1 aliphatic heterocycles. The number of carbonyl (C=O) groups is 1. The number of amides is 1. The summed E-state index contributed by atoms with van der Waals surface area (Å²) >= 11 is 0. The molecule has 166 valence electrons. The van der Waals surface area contributed by atoms with Gasteiger partial charge >= 0.3 is 0 Å². The largest absolute Gasteiger partial charge is 0.356 e. The highest BCUT2D eigenvalue weighted by Gasteiger charge is 2.41. The fourth-order valence-electron chi connectivity index (χ4n) is 4.64. The van der Waals surface area contributed by atoms with E-state index >= 15 is 0 Å². The van der Waals surface area contributed by atoms with Crippen molar-refractivity contribution in [3.8, 4) is 11.1 Å². The minimum absolute atomic E-state index is 0.196. The number of aromatic nitrogens is 2. The van der Waals surface area contributed by atoms with Gasteiger partial charge < -0.3 is 5.32 Å². The van der Waals surface area contributed by atoms with Crippen molar-refractivity contribution in [2.24, 2.45) is 5.41 Å². The lowest BCUT2D eigenvalue weighted by molar-refractivity contribution is -0.134. The Bertz CT molecular complexity index is 998. The zero-order chi connectivity index (χ0) is 22.2. The van der Waals surface area contributed by atoms with Gasteiger partial charge in [-0.05, 0) is 67.6 Å². The maximum Gasteiger partial charge on any atom is 0.226 e. The van der Waals surface area contributed by atoms with Crippen LogP contribution in [0.5, 0.6) is 0 Å². The van der Waals surface area contributed by atoms with Crippen LogP contribution in [0, 0.1) is 5.41 Å². The molecule has 4 rings (SSSR count). The van der Waals surface area contributed by atoms with Crippen LogP contribution in [0.1, 0.15) is 37.3 Å². The Balaban J connectivity index is 1.56. The van der Waals surface area contributed by atoms with Crippen LogP contribution >= 0.6 is 0 Å². The Kier molecular flexibility index (Phi) is 7.28. The van der Waals surface area contributed by atoms with Crippen LogP contribution in [0.4, 0.5) is 0 Å². The maximum atomic E-state index is 13.4. The van der Waals surface area contributed by atoms with E-state index in [9.17, 15) is 4.79 Å². The summed E-state index contributed by atoms with van der Waals surface area (Å²) in [6, 6.07) is 16.6.